The molecular formula is C11H16FNO. The zero-order valence-electron chi connectivity index (χ0n) is 8.55. The Morgan fingerprint density at radius 2 is 2.14 bits per heavy atom. The Morgan fingerprint density at radius 1 is 1.50 bits per heavy atom. The van der Waals surface area contributed by atoms with Crippen molar-refractivity contribution in [3.05, 3.63) is 29.1 Å². The van der Waals surface area contributed by atoms with Crippen molar-refractivity contribution in [1.82, 2.24) is 0 Å². The van der Waals surface area contributed by atoms with Crippen molar-refractivity contribution < 1.29 is 9.50 Å². The maximum Gasteiger partial charge on any atom is 0.130 e. The van der Waals surface area contributed by atoms with Crippen molar-refractivity contribution in [2.45, 2.75) is 26.2 Å². The highest BCUT2D eigenvalue weighted by Crippen LogP contribution is 2.27. The number of phenols is 1. The van der Waals surface area contributed by atoms with E-state index in [0.717, 1.165) is 12.0 Å². The van der Waals surface area contributed by atoms with Gasteiger partial charge >= 0.3 is 0 Å². The highest BCUT2D eigenvalue weighted by Gasteiger charge is 2.10. The average Bonchev–Trinajstić information content (AvgIpc) is 2.13. The number of nitrogens with two attached hydrogens (primary N) is 1. The number of benzene rings is 1. The Morgan fingerprint density at radius 3 is 2.64 bits per heavy atom. The van der Waals surface area contributed by atoms with E-state index < -0.39 is 0 Å². The van der Waals surface area contributed by atoms with E-state index in [1.54, 1.807) is 13.0 Å². The molecule has 0 amide bonds. The second-order valence-corrected chi connectivity index (χ2v) is 3.63. The van der Waals surface area contributed by atoms with E-state index in [1.165, 1.54) is 6.07 Å². The van der Waals surface area contributed by atoms with Crippen molar-refractivity contribution in [3.63, 3.8) is 0 Å². The summed E-state index contributed by atoms with van der Waals surface area (Å²) in [7, 11) is 0. The Hall–Kier alpha value is -1.09. The molecule has 0 aliphatic carbocycles. The van der Waals surface area contributed by atoms with Gasteiger partial charge in [0.15, 0.2) is 0 Å². The minimum atomic E-state index is -0.358. The van der Waals surface area contributed by atoms with E-state index in [9.17, 15) is 9.50 Å². The number of phenolic OH excluding ortho intramolecular Hbond substituents is 1. The highest BCUT2D eigenvalue weighted by atomic mass is 19.1. The van der Waals surface area contributed by atoms with Gasteiger partial charge in [0, 0.05) is 5.56 Å². The van der Waals surface area contributed by atoms with Crippen LogP contribution in [0.5, 0.6) is 5.75 Å². The van der Waals surface area contributed by atoms with Crippen LogP contribution in [0.4, 0.5) is 4.39 Å². The van der Waals surface area contributed by atoms with Crippen molar-refractivity contribution >= 4 is 0 Å². The lowest BCUT2D eigenvalue weighted by Gasteiger charge is -2.12. The lowest BCUT2D eigenvalue weighted by atomic mass is 9.96. The highest BCUT2D eigenvalue weighted by molar-refractivity contribution is 5.37. The van der Waals surface area contributed by atoms with Gasteiger partial charge in [0.25, 0.3) is 0 Å². The molecule has 0 spiro atoms. The molecule has 1 unspecified atom stereocenters. The second-order valence-electron chi connectivity index (χ2n) is 3.63. The van der Waals surface area contributed by atoms with Gasteiger partial charge in [0.05, 0.1) is 0 Å². The van der Waals surface area contributed by atoms with Crippen LogP contribution in [0.1, 0.15) is 30.4 Å². The molecule has 0 saturated carbocycles. The number of rotatable bonds is 3. The minimum absolute atomic E-state index is 0.0175. The van der Waals surface area contributed by atoms with Gasteiger partial charge in [-0.2, -0.15) is 0 Å². The van der Waals surface area contributed by atoms with Crippen LogP contribution >= 0.6 is 0 Å². The summed E-state index contributed by atoms with van der Waals surface area (Å²) in [5.74, 6) is -0.159. The lowest BCUT2D eigenvalue weighted by Crippen LogP contribution is -2.05. The summed E-state index contributed by atoms with van der Waals surface area (Å²) in [6, 6.07) is 3.08. The SMILES string of the molecule is Cc1c(O)cc(C(C)CCN)cc1F. The molecule has 0 aliphatic heterocycles. The maximum atomic E-state index is 13.2. The third-order valence-corrected chi connectivity index (χ3v) is 2.51. The average molecular weight is 197 g/mol. The van der Waals surface area contributed by atoms with Crippen molar-refractivity contribution in [3.8, 4) is 5.75 Å². The predicted octanol–water partition coefficient (Wildman–Crippen LogP) is 2.29. The van der Waals surface area contributed by atoms with Gasteiger partial charge in [-0.25, -0.2) is 4.39 Å². The molecule has 78 valence electrons. The quantitative estimate of drug-likeness (QED) is 0.781. The smallest absolute Gasteiger partial charge is 0.130 e. The van der Waals surface area contributed by atoms with Gasteiger partial charge in [-0.3, -0.25) is 0 Å². The number of aromatic hydroxyl groups is 1. The first-order valence-electron chi connectivity index (χ1n) is 4.75. The number of halogens is 1. The van der Waals surface area contributed by atoms with Gasteiger partial charge in [-0.05, 0) is 43.5 Å². The summed E-state index contributed by atoms with van der Waals surface area (Å²) in [6.07, 6.45) is 0.794. The van der Waals surface area contributed by atoms with Crippen LogP contribution in [-0.2, 0) is 0 Å². The normalized spacial score (nSPS) is 12.9. The van der Waals surface area contributed by atoms with Crippen LogP contribution in [0.3, 0.4) is 0 Å². The first-order chi connectivity index (χ1) is 6.56. The maximum absolute atomic E-state index is 13.2. The van der Waals surface area contributed by atoms with Crippen molar-refractivity contribution in [1.29, 1.82) is 0 Å². The topological polar surface area (TPSA) is 46.2 Å². The van der Waals surface area contributed by atoms with Crippen LogP contribution < -0.4 is 5.73 Å². The van der Waals surface area contributed by atoms with E-state index in [1.807, 2.05) is 6.92 Å². The zero-order chi connectivity index (χ0) is 10.7. The van der Waals surface area contributed by atoms with E-state index in [4.69, 9.17) is 5.73 Å². The van der Waals surface area contributed by atoms with Crippen LogP contribution in [0.25, 0.3) is 0 Å². The van der Waals surface area contributed by atoms with E-state index in [-0.39, 0.29) is 17.5 Å². The molecule has 14 heavy (non-hydrogen) atoms. The van der Waals surface area contributed by atoms with Gasteiger partial charge in [0.2, 0.25) is 0 Å². The van der Waals surface area contributed by atoms with Gasteiger partial charge in [-0.15, -0.1) is 0 Å². The fourth-order valence-corrected chi connectivity index (χ4v) is 1.39. The Balaban J connectivity index is 3.00. The number of hydrogen-bond acceptors (Lipinski definition) is 2. The first kappa shape index (κ1) is 11.0. The molecular weight excluding hydrogens is 181 g/mol. The standard InChI is InChI=1S/C11H16FNO/c1-7(3-4-13)9-5-10(12)8(2)11(14)6-9/h5-7,14H,3-4,13H2,1-2H3. The fourth-order valence-electron chi connectivity index (χ4n) is 1.39. The van der Waals surface area contributed by atoms with Crippen molar-refractivity contribution in [2.75, 3.05) is 6.54 Å². The van der Waals surface area contributed by atoms with E-state index in [2.05, 4.69) is 0 Å². The summed E-state index contributed by atoms with van der Waals surface area (Å²) in [5, 5.41) is 9.43. The van der Waals surface area contributed by atoms with E-state index >= 15 is 0 Å². The summed E-state index contributed by atoms with van der Waals surface area (Å²) < 4.78 is 13.2. The fraction of sp³-hybridized carbons (Fsp3) is 0.455. The molecule has 1 rings (SSSR count). The molecule has 0 radical (unpaired) electrons. The molecule has 0 aliphatic rings. The second kappa shape index (κ2) is 4.42. The molecule has 3 heteroatoms. The molecule has 0 aromatic heterocycles. The third kappa shape index (κ3) is 2.23. The first-order valence-corrected chi connectivity index (χ1v) is 4.75. The summed E-state index contributed by atoms with van der Waals surface area (Å²) in [4.78, 5) is 0. The van der Waals surface area contributed by atoms with E-state index in [0.29, 0.717) is 12.1 Å². The van der Waals surface area contributed by atoms with Gasteiger partial charge in [0.1, 0.15) is 11.6 Å². The van der Waals surface area contributed by atoms with Crippen molar-refractivity contribution in [2.24, 2.45) is 5.73 Å². The monoisotopic (exact) mass is 197 g/mol. The largest absolute Gasteiger partial charge is 0.508 e. The molecule has 1 aromatic rings. The van der Waals surface area contributed by atoms with Crippen LogP contribution in [0.15, 0.2) is 12.1 Å². The van der Waals surface area contributed by atoms with Gasteiger partial charge in [-0.1, -0.05) is 6.92 Å². The Labute approximate surface area is 83.6 Å². The molecule has 0 heterocycles. The Kier molecular flexibility index (Phi) is 3.47. The van der Waals surface area contributed by atoms with Crippen LogP contribution in [0, 0.1) is 12.7 Å². The van der Waals surface area contributed by atoms with Crippen LogP contribution in [0.2, 0.25) is 0 Å². The van der Waals surface area contributed by atoms with Crippen LogP contribution in [-0.4, -0.2) is 11.7 Å². The molecule has 3 N–H and O–H groups in total. The molecule has 0 fully saturated rings. The number of hydrogen-bond donors (Lipinski definition) is 2. The summed E-state index contributed by atoms with van der Waals surface area (Å²) in [6.45, 7) is 4.09. The third-order valence-electron chi connectivity index (χ3n) is 2.51. The lowest BCUT2D eigenvalue weighted by molar-refractivity contribution is 0.460. The minimum Gasteiger partial charge on any atom is -0.508 e. The zero-order valence-corrected chi connectivity index (χ0v) is 8.55. The molecule has 0 bridgehead atoms. The molecule has 1 aromatic carbocycles. The summed E-state index contributed by atoms with van der Waals surface area (Å²) in [5.41, 5.74) is 6.52. The molecule has 2 nitrogen and oxygen atoms in total. The Bertz CT molecular complexity index is 302. The predicted molar refractivity (Wildman–Crippen MR) is 54.9 cm³/mol. The molecule has 1 atom stereocenters. The molecule has 0 saturated heterocycles. The summed E-state index contributed by atoms with van der Waals surface area (Å²) >= 11 is 0. The van der Waals surface area contributed by atoms with Gasteiger partial charge < -0.3 is 10.8 Å².